The quantitative estimate of drug-likeness (QED) is 0.839. The normalized spacial score (nSPS) is 23.9. The number of aliphatic imine (C=N–C) groups is 1. The maximum Gasteiger partial charge on any atom is 0.251 e. The number of fused-ring (bicyclic) bond motifs is 1. The molecule has 20 heavy (non-hydrogen) atoms. The van der Waals surface area contributed by atoms with Crippen LogP contribution >= 0.6 is 0 Å². The van der Waals surface area contributed by atoms with Crippen LogP contribution in [0.3, 0.4) is 0 Å². The van der Waals surface area contributed by atoms with Gasteiger partial charge in [0.25, 0.3) is 5.91 Å². The number of hydrogen-bond donors (Lipinski definition) is 1. The van der Waals surface area contributed by atoms with Gasteiger partial charge in [0.05, 0.1) is 5.71 Å². The van der Waals surface area contributed by atoms with E-state index in [0.717, 1.165) is 23.3 Å². The lowest BCUT2D eigenvalue weighted by Gasteiger charge is -2.29. The van der Waals surface area contributed by atoms with Gasteiger partial charge in [-0.1, -0.05) is 32.4 Å². The maximum absolute atomic E-state index is 12.0. The number of allylic oxidation sites excluding steroid dienone is 3. The Morgan fingerprint density at radius 3 is 2.75 bits per heavy atom. The first-order valence-corrected chi connectivity index (χ1v) is 6.97. The molecule has 0 bridgehead atoms. The fourth-order valence-electron chi connectivity index (χ4n) is 2.43. The minimum Gasteiger partial charge on any atom is -0.325 e. The molecule has 0 aromatic carbocycles. The van der Waals surface area contributed by atoms with Crippen LogP contribution in [0.5, 0.6) is 0 Å². The summed E-state index contributed by atoms with van der Waals surface area (Å²) in [5, 5.41) is 2.90. The Balaban J connectivity index is 2.33. The monoisotopic (exact) mass is 272 g/mol. The number of nitrogens with zero attached hydrogens (tertiary/aromatic N) is 1. The van der Waals surface area contributed by atoms with Crippen molar-refractivity contribution < 1.29 is 9.59 Å². The van der Waals surface area contributed by atoms with Gasteiger partial charge in [-0.2, -0.15) is 0 Å². The molecule has 0 saturated carbocycles. The molecule has 1 aliphatic carbocycles. The van der Waals surface area contributed by atoms with E-state index >= 15 is 0 Å². The molecule has 0 fully saturated rings. The van der Waals surface area contributed by atoms with Crippen molar-refractivity contribution in [1.82, 2.24) is 5.32 Å². The Kier molecular flexibility index (Phi) is 4.02. The summed E-state index contributed by atoms with van der Waals surface area (Å²) in [7, 11) is 0. The maximum atomic E-state index is 12.0. The van der Waals surface area contributed by atoms with Crippen molar-refractivity contribution in [2.45, 2.75) is 34.1 Å². The van der Waals surface area contributed by atoms with Gasteiger partial charge in [0.1, 0.15) is 0 Å². The summed E-state index contributed by atoms with van der Waals surface area (Å²) in [5.74, 6) is -0.224. The smallest absolute Gasteiger partial charge is 0.251 e. The molecule has 0 aromatic rings. The summed E-state index contributed by atoms with van der Waals surface area (Å²) in [6.07, 6.45) is 6.36. The van der Waals surface area contributed by atoms with E-state index in [0.29, 0.717) is 5.71 Å². The highest BCUT2D eigenvalue weighted by Crippen LogP contribution is 2.31. The van der Waals surface area contributed by atoms with Crippen LogP contribution in [0.1, 0.15) is 34.1 Å². The minimum atomic E-state index is -0.149. The molecule has 1 N–H and O–H groups in total. The standard InChI is InChI=1S/C16H20N2O2/c1-5-12-10(4)13-7-6-11(17-15(19)9(2)3)8-14(13)18-16(12)20/h6-9,13H,5H2,1-4H3,(H,18,20). The van der Waals surface area contributed by atoms with Gasteiger partial charge in [-0.25, -0.2) is 4.99 Å². The van der Waals surface area contributed by atoms with E-state index in [2.05, 4.69) is 10.3 Å². The molecule has 0 radical (unpaired) electrons. The van der Waals surface area contributed by atoms with E-state index in [1.54, 1.807) is 6.08 Å². The van der Waals surface area contributed by atoms with Gasteiger partial charge >= 0.3 is 0 Å². The van der Waals surface area contributed by atoms with Crippen LogP contribution in [0.2, 0.25) is 0 Å². The van der Waals surface area contributed by atoms with Crippen molar-refractivity contribution >= 4 is 17.5 Å². The molecule has 106 valence electrons. The Bertz CT molecular complexity index is 577. The highest BCUT2D eigenvalue weighted by molar-refractivity contribution is 6.11. The second-order valence-electron chi connectivity index (χ2n) is 5.44. The highest BCUT2D eigenvalue weighted by Gasteiger charge is 2.28. The number of rotatable bonds is 2. The fourth-order valence-corrected chi connectivity index (χ4v) is 2.43. The molecule has 1 unspecified atom stereocenters. The van der Waals surface area contributed by atoms with Crippen LogP contribution in [0, 0.1) is 11.8 Å². The van der Waals surface area contributed by atoms with E-state index in [1.165, 1.54) is 0 Å². The van der Waals surface area contributed by atoms with Crippen LogP contribution in [-0.2, 0) is 9.59 Å². The summed E-state index contributed by atoms with van der Waals surface area (Å²) in [5.41, 5.74) is 3.33. The van der Waals surface area contributed by atoms with Crippen molar-refractivity contribution in [2.24, 2.45) is 16.8 Å². The van der Waals surface area contributed by atoms with Crippen LogP contribution in [0.4, 0.5) is 0 Å². The summed E-state index contributed by atoms with van der Waals surface area (Å²) < 4.78 is 0. The predicted octanol–water partition coefficient (Wildman–Crippen LogP) is 2.54. The molecular formula is C16H20N2O2. The molecule has 0 spiro atoms. The molecule has 4 nitrogen and oxygen atoms in total. The second kappa shape index (κ2) is 5.57. The zero-order chi connectivity index (χ0) is 14.9. The molecule has 1 atom stereocenters. The van der Waals surface area contributed by atoms with Crippen molar-refractivity contribution in [3.05, 3.63) is 35.1 Å². The van der Waals surface area contributed by atoms with E-state index in [9.17, 15) is 9.59 Å². The summed E-state index contributed by atoms with van der Waals surface area (Å²) >= 11 is 0. The fraction of sp³-hybridized carbons (Fsp3) is 0.438. The van der Waals surface area contributed by atoms with Gasteiger partial charge in [0.2, 0.25) is 5.91 Å². The van der Waals surface area contributed by atoms with Gasteiger partial charge in [0, 0.05) is 23.1 Å². The van der Waals surface area contributed by atoms with Crippen LogP contribution < -0.4 is 5.32 Å². The number of nitrogens with one attached hydrogen (secondary N) is 1. The molecule has 0 saturated heterocycles. The van der Waals surface area contributed by atoms with Crippen molar-refractivity contribution in [2.75, 3.05) is 0 Å². The third-order valence-electron chi connectivity index (χ3n) is 3.66. The summed E-state index contributed by atoms with van der Waals surface area (Å²) in [6, 6.07) is 0. The Morgan fingerprint density at radius 1 is 1.45 bits per heavy atom. The van der Waals surface area contributed by atoms with Gasteiger partial charge in [-0.05, 0) is 25.5 Å². The summed E-state index contributed by atoms with van der Waals surface area (Å²) in [4.78, 5) is 27.7. The van der Waals surface area contributed by atoms with E-state index < -0.39 is 0 Å². The highest BCUT2D eigenvalue weighted by atomic mass is 16.2. The average molecular weight is 272 g/mol. The molecule has 1 aliphatic heterocycles. The minimum absolute atomic E-state index is 0.0441. The van der Waals surface area contributed by atoms with Gasteiger partial charge in [-0.15, -0.1) is 0 Å². The SMILES string of the molecule is CCC1=C(C)C2C=CC(=NC(=O)C(C)C)C=C2NC1=O. The van der Waals surface area contributed by atoms with E-state index in [-0.39, 0.29) is 23.7 Å². The lowest BCUT2D eigenvalue weighted by atomic mass is 9.84. The Labute approximate surface area is 119 Å². The average Bonchev–Trinajstić information content (AvgIpc) is 2.38. The third-order valence-corrected chi connectivity index (χ3v) is 3.66. The van der Waals surface area contributed by atoms with Crippen LogP contribution in [-0.4, -0.2) is 17.5 Å². The van der Waals surface area contributed by atoms with Crippen LogP contribution in [0.25, 0.3) is 0 Å². The molecule has 4 heteroatoms. The topological polar surface area (TPSA) is 58.5 Å². The first-order valence-electron chi connectivity index (χ1n) is 6.97. The number of amides is 2. The third kappa shape index (κ3) is 2.64. The van der Waals surface area contributed by atoms with Gasteiger partial charge in [0.15, 0.2) is 0 Å². The molecule has 2 rings (SSSR count). The van der Waals surface area contributed by atoms with E-state index in [4.69, 9.17) is 0 Å². The Morgan fingerprint density at radius 2 is 2.15 bits per heavy atom. The first-order chi connectivity index (χ1) is 9.43. The molecule has 0 aromatic heterocycles. The molecule has 1 heterocycles. The zero-order valence-corrected chi connectivity index (χ0v) is 12.4. The Hall–Kier alpha value is -1.97. The summed E-state index contributed by atoms with van der Waals surface area (Å²) in [6.45, 7) is 7.60. The van der Waals surface area contributed by atoms with Crippen molar-refractivity contribution in [3.63, 3.8) is 0 Å². The van der Waals surface area contributed by atoms with Crippen molar-refractivity contribution in [1.29, 1.82) is 0 Å². The zero-order valence-electron chi connectivity index (χ0n) is 12.4. The van der Waals surface area contributed by atoms with Crippen LogP contribution in [0.15, 0.2) is 40.1 Å². The number of carbonyl (C=O) groups excluding carboxylic acids is 2. The van der Waals surface area contributed by atoms with E-state index in [1.807, 2.05) is 39.8 Å². The van der Waals surface area contributed by atoms with Crippen molar-refractivity contribution in [3.8, 4) is 0 Å². The first kappa shape index (κ1) is 14.4. The number of carbonyl (C=O) groups is 2. The second-order valence-corrected chi connectivity index (χ2v) is 5.44. The number of hydrogen-bond acceptors (Lipinski definition) is 2. The lowest BCUT2D eigenvalue weighted by molar-refractivity contribution is -0.120. The molecular weight excluding hydrogens is 252 g/mol. The lowest BCUT2D eigenvalue weighted by Crippen LogP contribution is -2.36. The van der Waals surface area contributed by atoms with Gasteiger partial charge in [-0.3, -0.25) is 9.59 Å². The molecule has 2 amide bonds. The van der Waals surface area contributed by atoms with Gasteiger partial charge < -0.3 is 5.32 Å². The largest absolute Gasteiger partial charge is 0.325 e. The molecule has 2 aliphatic rings. The predicted molar refractivity (Wildman–Crippen MR) is 79.1 cm³/mol.